The predicted octanol–water partition coefficient (Wildman–Crippen LogP) is 5.80. The number of carboxylic acids is 1. The van der Waals surface area contributed by atoms with E-state index in [0.717, 1.165) is 12.8 Å². The summed E-state index contributed by atoms with van der Waals surface area (Å²) in [5.41, 5.74) is 0.584. The van der Waals surface area contributed by atoms with Crippen molar-refractivity contribution in [2.45, 2.75) is 45.1 Å². The summed E-state index contributed by atoms with van der Waals surface area (Å²) in [4.78, 5) is 14.6. The Morgan fingerprint density at radius 1 is 1.46 bits per heavy atom. The van der Waals surface area contributed by atoms with Crippen LogP contribution < -0.4 is 4.74 Å². The second-order valence-corrected chi connectivity index (χ2v) is 7.22. The number of hydrogen-bond donors (Lipinski definition) is 1. The summed E-state index contributed by atoms with van der Waals surface area (Å²) in [6.07, 6.45) is 5.24. The Morgan fingerprint density at radius 3 is 2.75 bits per heavy atom. The number of nitrogens with zero attached hydrogens (tertiary/aromatic N) is 1. The number of halogens is 3. The van der Waals surface area contributed by atoms with Crippen LogP contribution in [0.25, 0.3) is 5.70 Å². The first kappa shape index (κ1) is 22.2. The third kappa shape index (κ3) is 6.84. The highest BCUT2D eigenvalue weighted by molar-refractivity contribution is 6.68. The molecular formula is C20H22Cl2FNO4. The number of carbonyl (C=O) groups is 1. The molecule has 1 aromatic rings. The lowest BCUT2D eigenvalue weighted by Gasteiger charge is -2.26. The van der Waals surface area contributed by atoms with E-state index < -0.39 is 11.8 Å². The van der Waals surface area contributed by atoms with Crippen LogP contribution in [0.4, 0.5) is 4.39 Å². The summed E-state index contributed by atoms with van der Waals surface area (Å²) in [7, 11) is 0. The number of hydrogen-bond acceptors (Lipinski definition) is 4. The van der Waals surface area contributed by atoms with E-state index in [1.54, 1.807) is 13.0 Å². The van der Waals surface area contributed by atoms with Gasteiger partial charge in [-0.1, -0.05) is 29.8 Å². The van der Waals surface area contributed by atoms with Gasteiger partial charge in [0.1, 0.15) is 5.17 Å². The number of ether oxygens (including phenoxy) is 2. The molecule has 0 amide bonds. The van der Waals surface area contributed by atoms with Crippen LogP contribution in [0.1, 0.15) is 44.6 Å². The normalized spacial score (nSPS) is 15.1. The quantitative estimate of drug-likeness (QED) is 0.289. The van der Waals surface area contributed by atoms with Crippen LogP contribution in [0.15, 0.2) is 35.5 Å². The molecule has 28 heavy (non-hydrogen) atoms. The van der Waals surface area contributed by atoms with E-state index in [4.69, 9.17) is 37.8 Å². The second-order valence-electron chi connectivity index (χ2n) is 6.42. The summed E-state index contributed by atoms with van der Waals surface area (Å²) >= 11 is 12.2. The molecule has 2 rings (SSSR count). The van der Waals surface area contributed by atoms with Crippen LogP contribution in [-0.2, 0) is 9.53 Å². The van der Waals surface area contributed by atoms with Gasteiger partial charge < -0.3 is 14.6 Å². The maximum atomic E-state index is 14.3. The zero-order valence-electron chi connectivity index (χ0n) is 15.5. The van der Waals surface area contributed by atoms with Gasteiger partial charge in [0, 0.05) is 18.1 Å². The molecule has 1 fully saturated rings. The van der Waals surface area contributed by atoms with E-state index in [-0.39, 0.29) is 47.2 Å². The van der Waals surface area contributed by atoms with Gasteiger partial charge in [-0.3, -0.25) is 4.79 Å². The van der Waals surface area contributed by atoms with Gasteiger partial charge in [-0.2, -0.15) is 0 Å². The number of rotatable bonds is 10. The van der Waals surface area contributed by atoms with Gasteiger partial charge in [0.25, 0.3) is 0 Å². The topological polar surface area (TPSA) is 68.1 Å². The molecule has 0 spiro atoms. The van der Waals surface area contributed by atoms with E-state index in [1.807, 2.05) is 0 Å². The minimum absolute atomic E-state index is 0.0397. The zero-order chi connectivity index (χ0) is 20.7. The van der Waals surface area contributed by atoms with Crippen LogP contribution >= 0.6 is 23.2 Å². The molecule has 0 aliphatic heterocycles. The van der Waals surface area contributed by atoms with Gasteiger partial charge in [0.2, 0.25) is 0 Å². The van der Waals surface area contributed by atoms with Crippen molar-refractivity contribution >= 4 is 40.0 Å². The predicted molar refractivity (Wildman–Crippen MR) is 109 cm³/mol. The molecule has 5 nitrogen and oxygen atoms in total. The molecule has 1 aromatic carbocycles. The van der Waals surface area contributed by atoms with Crippen molar-refractivity contribution < 1.29 is 23.8 Å². The third-order valence-corrected chi connectivity index (χ3v) is 4.56. The first-order valence-electron chi connectivity index (χ1n) is 8.88. The van der Waals surface area contributed by atoms with E-state index in [1.165, 1.54) is 18.6 Å². The molecule has 1 aliphatic carbocycles. The average Bonchev–Trinajstić information content (AvgIpc) is 2.56. The van der Waals surface area contributed by atoms with Crippen LogP contribution in [0.3, 0.4) is 0 Å². The fourth-order valence-corrected chi connectivity index (χ4v) is 2.96. The number of aliphatic carboxylic acids is 1. The average molecular weight is 430 g/mol. The summed E-state index contributed by atoms with van der Waals surface area (Å²) in [6.45, 7) is 5.63. The molecule has 1 N–H and O–H groups in total. The van der Waals surface area contributed by atoms with Crippen LogP contribution in [0, 0.1) is 5.82 Å². The fraction of sp³-hybridized carbons (Fsp3) is 0.400. The Labute approximate surface area is 173 Å². The van der Waals surface area contributed by atoms with Crippen molar-refractivity contribution in [2.24, 2.45) is 4.99 Å². The molecule has 1 saturated carbocycles. The third-order valence-electron chi connectivity index (χ3n) is 4.08. The highest BCUT2D eigenvalue weighted by atomic mass is 35.5. The fourth-order valence-electron chi connectivity index (χ4n) is 2.44. The van der Waals surface area contributed by atoms with Crippen molar-refractivity contribution in [3.8, 4) is 5.75 Å². The summed E-state index contributed by atoms with van der Waals surface area (Å²) in [6, 6.07) is 2.66. The molecular weight excluding hydrogens is 408 g/mol. The Morgan fingerprint density at radius 2 is 2.18 bits per heavy atom. The van der Waals surface area contributed by atoms with E-state index in [0.29, 0.717) is 11.3 Å². The maximum absolute atomic E-state index is 14.3. The SMILES string of the molecule is C=C(/N=C(Cl)\C=C(/C)OC1CCC1)c1cc(F)c(OCCCC(=O)O)c(Cl)c1. The van der Waals surface area contributed by atoms with E-state index in [9.17, 15) is 9.18 Å². The number of allylic oxidation sites excluding steroid dienone is 2. The van der Waals surface area contributed by atoms with Crippen molar-refractivity contribution in [3.05, 3.63) is 47.0 Å². The summed E-state index contributed by atoms with van der Waals surface area (Å²) < 4.78 is 25.3. The smallest absolute Gasteiger partial charge is 0.303 e. The first-order chi connectivity index (χ1) is 13.3. The van der Waals surface area contributed by atoms with Crippen LogP contribution in [-0.4, -0.2) is 29.0 Å². The van der Waals surface area contributed by atoms with Gasteiger partial charge in [0.05, 0.1) is 29.2 Å². The molecule has 0 bridgehead atoms. The van der Waals surface area contributed by atoms with Crippen LogP contribution in [0.5, 0.6) is 5.75 Å². The molecule has 8 heteroatoms. The molecule has 1 aliphatic rings. The van der Waals surface area contributed by atoms with Crippen molar-refractivity contribution in [1.29, 1.82) is 0 Å². The van der Waals surface area contributed by atoms with Crippen molar-refractivity contribution in [2.75, 3.05) is 6.61 Å². The summed E-state index contributed by atoms with van der Waals surface area (Å²) in [5, 5.41) is 8.80. The van der Waals surface area contributed by atoms with Gasteiger partial charge in [-0.15, -0.1) is 0 Å². The Hall–Kier alpha value is -2.05. The lowest BCUT2D eigenvalue weighted by Crippen LogP contribution is -2.20. The number of aliphatic imine (C=N–C) groups is 1. The lowest BCUT2D eigenvalue weighted by atomic mass is 9.96. The number of carboxylic acid groups (broad SMARTS) is 1. The number of benzene rings is 1. The molecule has 0 unspecified atom stereocenters. The second kappa shape index (κ2) is 10.5. The van der Waals surface area contributed by atoms with Crippen molar-refractivity contribution in [3.63, 3.8) is 0 Å². The summed E-state index contributed by atoms with van der Waals surface area (Å²) in [5.74, 6) is -1.12. The Kier molecular flexibility index (Phi) is 8.33. The van der Waals surface area contributed by atoms with Crippen molar-refractivity contribution in [1.82, 2.24) is 0 Å². The first-order valence-corrected chi connectivity index (χ1v) is 9.64. The largest absolute Gasteiger partial charge is 0.495 e. The van der Waals surface area contributed by atoms with Gasteiger partial charge >= 0.3 is 5.97 Å². The standard InChI is InChI=1S/C20H22Cl2FNO4/c1-12(28-15-5-3-6-15)9-18(22)24-13(2)14-10-16(21)20(17(23)11-14)27-8-4-7-19(25)26/h9-11,15H,2-8H2,1H3,(H,25,26)/b12-9+,24-18+. The maximum Gasteiger partial charge on any atom is 0.303 e. The molecule has 0 atom stereocenters. The molecule has 152 valence electrons. The van der Waals surface area contributed by atoms with Gasteiger partial charge in [-0.25, -0.2) is 9.38 Å². The molecule has 0 saturated heterocycles. The highest BCUT2D eigenvalue weighted by Crippen LogP contribution is 2.32. The Bertz CT molecular complexity index is 780. The van der Waals surface area contributed by atoms with Crippen LogP contribution in [0.2, 0.25) is 5.02 Å². The molecule has 0 radical (unpaired) electrons. The van der Waals surface area contributed by atoms with E-state index in [2.05, 4.69) is 11.6 Å². The monoisotopic (exact) mass is 429 g/mol. The van der Waals surface area contributed by atoms with E-state index >= 15 is 0 Å². The Balaban J connectivity index is 2.02. The van der Waals surface area contributed by atoms with Gasteiger partial charge in [0.15, 0.2) is 11.6 Å². The minimum Gasteiger partial charge on any atom is -0.495 e. The lowest BCUT2D eigenvalue weighted by molar-refractivity contribution is -0.137. The zero-order valence-corrected chi connectivity index (χ0v) is 17.0. The van der Waals surface area contributed by atoms with Gasteiger partial charge in [-0.05, 0) is 44.7 Å². The molecule has 0 aromatic heterocycles. The molecule has 0 heterocycles. The highest BCUT2D eigenvalue weighted by Gasteiger charge is 2.19. The minimum atomic E-state index is -0.945.